The lowest BCUT2D eigenvalue weighted by atomic mass is 9.90. The van der Waals surface area contributed by atoms with Crippen LogP contribution in [-0.4, -0.2) is 46.7 Å². The van der Waals surface area contributed by atoms with Gasteiger partial charge >= 0.3 is 0 Å². The van der Waals surface area contributed by atoms with Gasteiger partial charge in [-0.05, 0) is 18.8 Å². The molecule has 1 aliphatic carbocycles. The smallest absolute Gasteiger partial charge is 0.148 e. The third-order valence-electron chi connectivity index (χ3n) is 3.15. The summed E-state index contributed by atoms with van der Waals surface area (Å²) in [5, 5.41) is 3.08. The first-order valence-corrected chi connectivity index (χ1v) is 8.60. The van der Waals surface area contributed by atoms with Crippen LogP contribution in [0.15, 0.2) is 0 Å². The minimum absolute atomic E-state index is 0.204. The van der Waals surface area contributed by atoms with Gasteiger partial charge in [0.25, 0.3) is 0 Å². The van der Waals surface area contributed by atoms with Gasteiger partial charge in [0.05, 0.1) is 12.4 Å². The van der Waals surface area contributed by atoms with E-state index in [-0.39, 0.29) is 5.75 Å². The summed E-state index contributed by atoms with van der Waals surface area (Å²) in [7, 11) is -2.84. The van der Waals surface area contributed by atoms with Gasteiger partial charge in [0.1, 0.15) is 9.84 Å². The Labute approximate surface area is 105 Å². The minimum atomic E-state index is -2.84. The molecule has 4 nitrogen and oxygen atoms in total. The highest BCUT2D eigenvalue weighted by atomic mass is 32.2. The maximum atomic E-state index is 10.9. The summed E-state index contributed by atoms with van der Waals surface area (Å²) in [4.78, 5) is 0. The molecular weight excluding hydrogens is 238 g/mol. The van der Waals surface area contributed by atoms with Gasteiger partial charge in [-0.2, -0.15) is 0 Å². The van der Waals surface area contributed by atoms with E-state index in [0.717, 1.165) is 19.1 Å². The predicted octanol–water partition coefficient (Wildman–Crippen LogP) is 1.22. The van der Waals surface area contributed by atoms with Crippen molar-refractivity contribution in [3.63, 3.8) is 0 Å². The lowest BCUT2D eigenvalue weighted by Crippen LogP contribution is -2.26. The molecule has 1 fully saturated rings. The first kappa shape index (κ1) is 14.9. The van der Waals surface area contributed by atoms with Crippen molar-refractivity contribution in [1.82, 2.24) is 5.32 Å². The molecule has 0 bridgehead atoms. The van der Waals surface area contributed by atoms with Gasteiger partial charge in [-0.25, -0.2) is 8.42 Å². The van der Waals surface area contributed by atoms with Crippen LogP contribution < -0.4 is 5.32 Å². The maximum Gasteiger partial charge on any atom is 0.148 e. The van der Waals surface area contributed by atoms with E-state index in [1.54, 1.807) is 0 Å². The van der Waals surface area contributed by atoms with Crippen molar-refractivity contribution in [3.05, 3.63) is 0 Å². The number of hydrogen-bond donors (Lipinski definition) is 1. The number of rotatable bonds is 8. The molecule has 1 rings (SSSR count). The van der Waals surface area contributed by atoms with E-state index in [1.165, 1.54) is 38.4 Å². The summed E-state index contributed by atoms with van der Waals surface area (Å²) in [6, 6.07) is 0. The molecule has 5 heteroatoms. The molecule has 0 aromatic rings. The third-order valence-corrected chi connectivity index (χ3v) is 4.10. The lowest BCUT2D eigenvalue weighted by molar-refractivity contribution is 0.0872. The van der Waals surface area contributed by atoms with E-state index in [9.17, 15) is 8.42 Å². The van der Waals surface area contributed by atoms with Crippen LogP contribution in [0.3, 0.4) is 0 Å². The SMILES string of the molecule is CS(=O)(=O)CCNCCOCC1CCCCC1. The van der Waals surface area contributed by atoms with Crippen LogP contribution in [0.5, 0.6) is 0 Å². The highest BCUT2D eigenvalue weighted by molar-refractivity contribution is 7.90. The Morgan fingerprint density at radius 1 is 1.18 bits per heavy atom. The van der Waals surface area contributed by atoms with E-state index in [1.807, 2.05) is 0 Å². The van der Waals surface area contributed by atoms with Gasteiger partial charge < -0.3 is 10.1 Å². The van der Waals surface area contributed by atoms with E-state index in [0.29, 0.717) is 13.2 Å². The molecule has 0 aromatic heterocycles. The van der Waals surface area contributed by atoms with Crippen LogP contribution in [0.4, 0.5) is 0 Å². The number of ether oxygens (including phenoxy) is 1. The molecule has 102 valence electrons. The van der Waals surface area contributed by atoms with Gasteiger partial charge in [0, 0.05) is 26.0 Å². The second-order valence-electron chi connectivity index (χ2n) is 4.96. The first-order valence-electron chi connectivity index (χ1n) is 6.54. The summed E-state index contributed by atoms with van der Waals surface area (Å²) in [6.45, 7) is 2.81. The monoisotopic (exact) mass is 263 g/mol. The van der Waals surface area contributed by atoms with Gasteiger partial charge in [0.2, 0.25) is 0 Å². The lowest BCUT2D eigenvalue weighted by Gasteiger charge is -2.21. The van der Waals surface area contributed by atoms with Crippen LogP contribution in [0.2, 0.25) is 0 Å². The van der Waals surface area contributed by atoms with Crippen molar-refractivity contribution in [2.45, 2.75) is 32.1 Å². The van der Waals surface area contributed by atoms with Crippen LogP contribution in [-0.2, 0) is 14.6 Å². The molecule has 1 N–H and O–H groups in total. The second-order valence-corrected chi connectivity index (χ2v) is 7.22. The van der Waals surface area contributed by atoms with Gasteiger partial charge in [-0.15, -0.1) is 0 Å². The van der Waals surface area contributed by atoms with Crippen molar-refractivity contribution in [2.75, 3.05) is 38.3 Å². The molecule has 0 spiro atoms. The fourth-order valence-electron chi connectivity index (χ4n) is 2.13. The van der Waals surface area contributed by atoms with Crippen molar-refractivity contribution < 1.29 is 13.2 Å². The van der Waals surface area contributed by atoms with Gasteiger partial charge in [-0.1, -0.05) is 19.3 Å². The minimum Gasteiger partial charge on any atom is -0.380 e. The zero-order valence-corrected chi connectivity index (χ0v) is 11.6. The summed E-state index contributed by atoms with van der Waals surface area (Å²) >= 11 is 0. The molecule has 1 aliphatic rings. The molecule has 0 heterocycles. The predicted molar refractivity (Wildman–Crippen MR) is 70.0 cm³/mol. The summed E-state index contributed by atoms with van der Waals surface area (Å²) in [6.07, 6.45) is 7.95. The molecule has 0 aliphatic heterocycles. The Hall–Kier alpha value is -0.130. The Bertz CT molecular complexity index is 284. The number of nitrogens with one attached hydrogen (secondary N) is 1. The highest BCUT2D eigenvalue weighted by Crippen LogP contribution is 2.23. The van der Waals surface area contributed by atoms with E-state index in [2.05, 4.69) is 5.32 Å². The summed E-state index contributed by atoms with van der Waals surface area (Å²) in [5.41, 5.74) is 0. The summed E-state index contributed by atoms with van der Waals surface area (Å²) < 4.78 is 27.3. The normalized spacial score (nSPS) is 18.4. The topological polar surface area (TPSA) is 55.4 Å². The zero-order valence-electron chi connectivity index (χ0n) is 10.8. The molecule has 0 atom stereocenters. The van der Waals surface area contributed by atoms with Gasteiger partial charge in [0.15, 0.2) is 0 Å². The van der Waals surface area contributed by atoms with Crippen LogP contribution in [0.25, 0.3) is 0 Å². The highest BCUT2D eigenvalue weighted by Gasteiger charge is 2.12. The maximum absolute atomic E-state index is 10.9. The van der Waals surface area contributed by atoms with Crippen LogP contribution in [0.1, 0.15) is 32.1 Å². The van der Waals surface area contributed by atoms with Crippen LogP contribution >= 0.6 is 0 Å². The Morgan fingerprint density at radius 2 is 1.88 bits per heavy atom. The third kappa shape index (κ3) is 8.57. The largest absolute Gasteiger partial charge is 0.380 e. The molecule has 0 aromatic carbocycles. The number of hydrogen-bond acceptors (Lipinski definition) is 4. The Morgan fingerprint density at radius 3 is 2.53 bits per heavy atom. The molecule has 17 heavy (non-hydrogen) atoms. The second kappa shape index (κ2) is 8.06. The fourth-order valence-corrected chi connectivity index (χ4v) is 2.65. The van der Waals surface area contributed by atoms with Crippen molar-refractivity contribution >= 4 is 9.84 Å². The van der Waals surface area contributed by atoms with Crippen molar-refractivity contribution in [3.8, 4) is 0 Å². The quantitative estimate of drug-likeness (QED) is 0.669. The molecule has 0 saturated heterocycles. The van der Waals surface area contributed by atoms with Crippen LogP contribution in [0, 0.1) is 5.92 Å². The molecule has 0 unspecified atom stereocenters. The Balaban J connectivity index is 1.87. The van der Waals surface area contributed by atoms with E-state index in [4.69, 9.17) is 4.74 Å². The number of sulfone groups is 1. The molecule has 1 saturated carbocycles. The average molecular weight is 263 g/mol. The standard InChI is InChI=1S/C12H25NO3S/c1-17(14,15)10-8-13-7-9-16-11-12-5-3-2-4-6-12/h12-13H,2-11H2,1H3. The summed E-state index contributed by atoms with van der Waals surface area (Å²) in [5.74, 6) is 0.954. The first-order chi connectivity index (χ1) is 8.08. The molecule has 0 amide bonds. The van der Waals surface area contributed by atoms with Crippen molar-refractivity contribution in [1.29, 1.82) is 0 Å². The average Bonchev–Trinajstić information content (AvgIpc) is 2.28. The zero-order chi connectivity index (χ0) is 12.6. The van der Waals surface area contributed by atoms with E-state index < -0.39 is 9.84 Å². The Kier molecular flexibility index (Phi) is 7.08. The van der Waals surface area contributed by atoms with Gasteiger partial charge in [-0.3, -0.25) is 0 Å². The van der Waals surface area contributed by atoms with E-state index >= 15 is 0 Å². The molecule has 0 radical (unpaired) electrons. The van der Waals surface area contributed by atoms with Crippen molar-refractivity contribution in [2.24, 2.45) is 5.92 Å². The molecular formula is C12H25NO3S. The fraction of sp³-hybridized carbons (Fsp3) is 1.00.